The highest BCUT2D eigenvalue weighted by Gasteiger charge is 2.25. The summed E-state index contributed by atoms with van der Waals surface area (Å²) in [6, 6.07) is 10.3. The molecule has 0 fully saturated rings. The SMILES string of the molecule is C=C(C)c1cccc(C(C)(C)NC(=O)N[C@@H](C)C(=O)NCc2ccco2)c1. The maximum Gasteiger partial charge on any atom is 0.316 e. The Hall–Kier alpha value is -3.02. The van der Waals surface area contributed by atoms with Crippen LogP contribution in [0.15, 0.2) is 53.7 Å². The first kappa shape index (κ1) is 20.3. The zero-order valence-electron chi connectivity index (χ0n) is 16.3. The van der Waals surface area contributed by atoms with Crippen molar-refractivity contribution < 1.29 is 14.0 Å². The second-order valence-electron chi connectivity index (χ2n) is 7.10. The van der Waals surface area contributed by atoms with Crippen molar-refractivity contribution >= 4 is 17.5 Å². The molecule has 27 heavy (non-hydrogen) atoms. The fraction of sp³-hybridized carbons (Fsp3) is 0.333. The van der Waals surface area contributed by atoms with Crippen LogP contribution in [0.5, 0.6) is 0 Å². The number of rotatable bonds is 7. The molecule has 0 aliphatic heterocycles. The van der Waals surface area contributed by atoms with Crippen molar-refractivity contribution in [2.75, 3.05) is 0 Å². The Morgan fingerprint density at radius 1 is 1.22 bits per heavy atom. The zero-order chi connectivity index (χ0) is 20.0. The molecule has 0 bridgehead atoms. The molecule has 0 spiro atoms. The number of carbonyl (C=O) groups is 2. The third-order valence-corrected chi connectivity index (χ3v) is 4.26. The molecule has 1 atom stereocenters. The van der Waals surface area contributed by atoms with Gasteiger partial charge in [0.25, 0.3) is 0 Å². The van der Waals surface area contributed by atoms with Crippen LogP contribution < -0.4 is 16.0 Å². The van der Waals surface area contributed by atoms with Gasteiger partial charge in [-0.05, 0) is 57.0 Å². The van der Waals surface area contributed by atoms with Crippen molar-refractivity contribution in [1.29, 1.82) is 0 Å². The van der Waals surface area contributed by atoms with Gasteiger partial charge in [-0.1, -0.05) is 30.4 Å². The van der Waals surface area contributed by atoms with Crippen LogP contribution in [-0.2, 0) is 16.9 Å². The van der Waals surface area contributed by atoms with Gasteiger partial charge in [0.15, 0.2) is 0 Å². The van der Waals surface area contributed by atoms with Crippen molar-refractivity contribution in [1.82, 2.24) is 16.0 Å². The third kappa shape index (κ3) is 5.74. The molecular formula is C21H27N3O3. The Bertz CT molecular complexity index is 810. The summed E-state index contributed by atoms with van der Waals surface area (Å²) < 4.78 is 5.17. The maximum atomic E-state index is 12.4. The summed E-state index contributed by atoms with van der Waals surface area (Å²) in [6.07, 6.45) is 1.54. The minimum absolute atomic E-state index is 0.276. The molecule has 0 aliphatic carbocycles. The van der Waals surface area contributed by atoms with Crippen molar-refractivity contribution in [3.63, 3.8) is 0 Å². The Balaban J connectivity index is 1.92. The van der Waals surface area contributed by atoms with Crippen LogP contribution in [0.4, 0.5) is 4.79 Å². The number of carbonyl (C=O) groups excluding carboxylic acids is 2. The van der Waals surface area contributed by atoms with Crippen molar-refractivity contribution in [3.05, 3.63) is 66.1 Å². The monoisotopic (exact) mass is 369 g/mol. The molecule has 1 aromatic heterocycles. The molecule has 3 amide bonds. The number of amides is 3. The lowest BCUT2D eigenvalue weighted by Gasteiger charge is -2.28. The predicted octanol–water partition coefficient (Wildman–Crippen LogP) is 3.55. The average Bonchev–Trinajstić information content (AvgIpc) is 3.12. The summed E-state index contributed by atoms with van der Waals surface area (Å²) in [4.78, 5) is 24.5. The summed E-state index contributed by atoms with van der Waals surface area (Å²) in [7, 11) is 0. The fourth-order valence-electron chi connectivity index (χ4n) is 2.57. The average molecular weight is 369 g/mol. The summed E-state index contributed by atoms with van der Waals surface area (Å²) >= 11 is 0. The highest BCUT2D eigenvalue weighted by atomic mass is 16.3. The van der Waals surface area contributed by atoms with E-state index in [9.17, 15) is 9.59 Å². The minimum atomic E-state index is -0.683. The van der Waals surface area contributed by atoms with Gasteiger partial charge in [-0.3, -0.25) is 4.79 Å². The van der Waals surface area contributed by atoms with Gasteiger partial charge in [0.05, 0.1) is 18.3 Å². The highest BCUT2D eigenvalue weighted by molar-refractivity contribution is 5.86. The van der Waals surface area contributed by atoms with E-state index in [1.165, 1.54) is 0 Å². The van der Waals surface area contributed by atoms with E-state index in [1.807, 2.05) is 45.0 Å². The van der Waals surface area contributed by atoms with Crippen LogP contribution in [0.1, 0.15) is 44.6 Å². The number of furan rings is 1. The number of urea groups is 1. The second-order valence-corrected chi connectivity index (χ2v) is 7.10. The van der Waals surface area contributed by atoms with Gasteiger partial charge in [-0.2, -0.15) is 0 Å². The van der Waals surface area contributed by atoms with E-state index in [-0.39, 0.29) is 12.5 Å². The van der Waals surface area contributed by atoms with Crippen LogP contribution in [-0.4, -0.2) is 18.0 Å². The van der Waals surface area contributed by atoms with E-state index >= 15 is 0 Å². The fourth-order valence-corrected chi connectivity index (χ4v) is 2.57. The molecule has 0 unspecified atom stereocenters. The molecule has 0 radical (unpaired) electrons. The highest BCUT2D eigenvalue weighted by Crippen LogP contribution is 2.23. The number of hydrogen-bond donors (Lipinski definition) is 3. The van der Waals surface area contributed by atoms with Gasteiger partial charge < -0.3 is 20.4 Å². The van der Waals surface area contributed by atoms with Crippen molar-refractivity contribution in [2.24, 2.45) is 0 Å². The third-order valence-electron chi connectivity index (χ3n) is 4.26. The summed E-state index contributed by atoms with van der Waals surface area (Å²) in [5, 5.41) is 8.30. The molecule has 0 saturated heterocycles. The molecule has 1 heterocycles. The van der Waals surface area contributed by atoms with Crippen LogP contribution in [0, 0.1) is 0 Å². The first-order valence-electron chi connectivity index (χ1n) is 8.84. The molecule has 1 aromatic carbocycles. The topological polar surface area (TPSA) is 83.4 Å². The lowest BCUT2D eigenvalue weighted by atomic mass is 9.92. The van der Waals surface area contributed by atoms with E-state index < -0.39 is 17.6 Å². The lowest BCUT2D eigenvalue weighted by molar-refractivity contribution is -0.122. The summed E-state index contributed by atoms with van der Waals surface area (Å²) in [5.41, 5.74) is 2.32. The van der Waals surface area contributed by atoms with Gasteiger partial charge in [0.1, 0.15) is 11.8 Å². The largest absolute Gasteiger partial charge is 0.467 e. The molecule has 6 nitrogen and oxygen atoms in total. The molecule has 2 aromatic rings. The molecule has 3 N–H and O–H groups in total. The lowest BCUT2D eigenvalue weighted by Crippen LogP contribution is -2.52. The molecule has 6 heteroatoms. The minimum Gasteiger partial charge on any atom is -0.467 e. The Labute approximate surface area is 160 Å². The zero-order valence-corrected chi connectivity index (χ0v) is 16.3. The van der Waals surface area contributed by atoms with Crippen molar-refractivity contribution in [3.8, 4) is 0 Å². The second kappa shape index (κ2) is 8.58. The maximum absolute atomic E-state index is 12.4. The van der Waals surface area contributed by atoms with Crippen LogP contribution in [0.3, 0.4) is 0 Å². The van der Waals surface area contributed by atoms with E-state index in [4.69, 9.17) is 4.42 Å². The summed E-state index contributed by atoms with van der Waals surface area (Å²) in [5.74, 6) is 0.363. The first-order chi connectivity index (χ1) is 12.7. The van der Waals surface area contributed by atoms with Crippen LogP contribution in [0.25, 0.3) is 5.57 Å². The van der Waals surface area contributed by atoms with Crippen molar-refractivity contribution in [2.45, 2.75) is 45.8 Å². The molecule has 144 valence electrons. The molecule has 0 aliphatic rings. The van der Waals surface area contributed by atoms with E-state index in [0.717, 1.165) is 16.7 Å². The van der Waals surface area contributed by atoms with Gasteiger partial charge >= 0.3 is 6.03 Å². The van der Waals surface area contributed by atoms with E-state index in [1.54, 1.807) is 25.3 Å². The van der Waals surface area contributed by atoms with Crippen LogP contribution >= 0.6 is 0 Å². The number of allylic oxidation sites excluding steroid dienone is 1. The standard InChI is InChI=1S/C21H27N3O3/c1-14(2)16-8-6-9-17(12-16)21(4,5)24-20(26)23-15(3)19(25)22-13-18-10-7-11-27-18/h6-12,15H,1,13H2,2-5H3,(H,22,25)(H2,23,24,26)/t15-/m0/s1. The van der Waals surface area contributed by atoms with E-state index in [0.29, 0.717) is 5.76 Å². The molecular weight excluding hydrogens is 342 g/mol. The number of nitrogens with one attached hydrogen (secondary N) is 3. The smallest absolute Gasteiger partial charge is 0.316 e. The Kier molecular flexibility index (Phi) is 6.45. The van der Waals surface area contributed by atoms with Gasteiger partial charge in [-0.25, -0.2) is 4.79 Å². The van der Waals surface area contributed by atoms with Gasteiger partial charge in [0.2, 0.25) is 5.91 Å². The number of benzene rings is 1. The Morgan fingerprint density at radius 3 is 2.59 bits per heavy atom. The number of hydrogen-bond acceptors (Lipinski definition) is 3. The quantitative estimate of drug-likeness (QED) is 0.698. The molecule has 0 saturated carbocycles. The summed E-state index contributed by atoms with van der Waals surface area (Å²) in [6.45, 7) is 11.6. The Morgan fingerprint density at radius 2 is 1.96 bits per heavy atom. The predicted molar refractivity (Wildman–Crippen MR) is 106 cm³/mol. The first-order valence-corrected chi connectivity index (χ1v) is 8.84. The van der Waals surface area contributed by atoms with Gasteiger partial charge in [-0.15, -0.1) is 0 Å². The van der Waals surface area contributed by atoms with E-state index in [2.05, 4.69) is 22.5 Å². The van der Waals surface area contributed by atoms with Crippen LogP contribution in [0.2, 0.25) is 0 Å². The molecule has 2 rings (SSSR count). The normalized spacial score (nSPS) is 12.1. The van der Waals surface area contributed by atoms with Gasteiger partial charge in [0, 0.05) is 0 Å².